The summed E-state index contributed by atoms with van der Waals surface area (Å²) in [6.07, 6.45) is 5.34. The molecular formula is C26H28N3O3+. The molecule has 2 aliphatic rings. The molecule has 1 aliphatic carbocycles. The lowest BCUT2D eigenvalue weighted by atomic mass is 9.81. The zero-order valence-corrected chi connectivity index (χ0v) is 18.2. The van der Waals surface area contributed by atoms with E-state index in [0.29, 0.717) is 6.47 Å². The molecule has 164 valence electrons. The first-order chi connectivity index (χ1) is 15.6. The number of aromatic nitrogens is 2. The van der Waals surface area contributed by atoms with Gasteiger partial charge in [0.05, 0.1) is 20.1 Å². The van der Waals surface area contributed by atoms with Crippen LogP contribution in [0.1, 0.15) is 29.7 Å². The zero-order chi connectivity index (χ0) is 22.2. The summed E-state index contributed by atoms with van der Waals surface area (Å²) in [6, 6.07) is 17.7. The van der Waals surface area contributed by atoms with Gasteiger partial charge in [0.2, 0.25) is 0 Å². The number of hydrogen-bond donors (Lipinski definition) is 1. The summed E-state index contributed by atoms with van der Waals surface area (Å²) in [5.74, 6) is 0. The number of carbonyl (C=O) groups is 1. The summed E-state index contributed by atoms with van der Waals surface area (Å²) in [5, 5.41) is 12.3. The normalized spacial score (nSPS) is 23.9. The molecule has 1 N–H and O–H groups in total. The smallest absolute Gasteiger partial charge is 0.293 e. The molecule has 0 amide bonds. The van der Waals surface area contributed by atoms with Gasteiger partial charge in [-0.15, -0.1) is 0 Å². The van der Waals surface area contributed by atoms with Crippen LogP contribution in [0.15, 0.2) is 67.1 Å². The second-order valence-corrected chi connectivity index (χ2v) is 9.10. The topological polar surface area (TPSA) is 72.3 Å². The molecule has 0 bridgehead atoms. The Hall–Kier alpha value is -3.09. The molecule has 5 rings (SSSR count). The van der Waals surface area contributed by atoms with Gasteiger partial charge in [0.15, 0.2) is 11.7 Å². The maximum absolute atomic E-state index is 12.3. The molecule has 0 spiro atoms. The second-order valence-electron chi connectivity index (χ2n) is 9.10. The molecule has 3 aromatic rings. The van der Waals surface area contributed by atoms with Gasteiger partial charge >= 0.3 is 0 Å². The Balaban J connectivity index is 1.55. The van der Waals surface area contributed by atoms with Crippen molar-refractivity contribution in [2.24, 2.45) is 0 Å². The van der Waals surface area contributed by atoms with Crippen LogP contribution >= 0.6 is 0 Å². The van der Waals surface area contributed by atoms with Crippen LogP contribution in [0, 0.1) is 0 Å². The third-order valence-corrected chi connectivity index (χ3v) is 7.42. The average Bonchev–Trinajstić information content (AvgIpc) is 3.34. The Morgan fingerprint density at radius 2 is 1.84 bits per heavy atom. The molecule has 6 heteroatoms. The third-order valence-electron chi connectivity index (χ3n) is 7.42. The number of likely N-dealkylation sites (tertiary alicyclic amines) is 1. The number of quaternary nitrogens is 1. The predicted octanol–water partition coefficient (Wildman–Crippen LogP) is 3.09. The van der Waals surface area contributed by atoms with Gasteiger partial charge in [-0.25, -0.2) is 9.97 Å². The highest BCUT2D eigenvalue weighted by atomic mass is 16.5. The Morgan fingerprint density at radius 3 is 2.47 bits per heavy atom. The lowest BCUT2D eigenvalue weighted by Crippen LogP contribution is -2.60. The third kappa shape index (κ3) is 3.22. The molecule has 6 nitrogen and oxygen atoms in total. The largest absolute Gasteiger partial charge is 0.454 e. The van der Waals surface area contributed by atoms with Crippen LogP contribution in [0.2, 0.25) is 0 Å². The lowest BCUT2D eigenvalue weighted by molar-refractivity contribution is -0.925. The van der Waals surface area contributed by atoms with Crippen molar-refractivity contribution in [3.05, 3.63) is 83.9 Å². The molecule has 1 saturated heterocycles. The van der Waals surface area contributed by atoms with E-state index in [2.05, 4.69) is 17.0 Å². The lowest BCUT2D eigenvalue weighted by Gasteiger charge is -2.44. The molecule has 2 heterocycles. The van der Waals surface area contributed by atoms with Crippen LogP contribution in [0.25, 0.3) is 11.1 Å². The standard InChI is InChI=1S/C26H28N3O3/c1-29(16-13-19-12-14-27-17-28-19)15-6-11-24(29)25(32-18-30)26(31)22-9-4-2-7-20(22)21-8-3-5-10-23(21)26/h2-5,7-10,12,14,17-18,24-25,31H,6,11,13,15-16H2,1H3/q+1. The minimum Gasteiger partial charge on any atom is -0.454 e. The highest BCUT2D eigenvalue weighted by molar-refractivity contribution is 5.80. The van der Waals surface area contributed by atoms with Crippen molar-refractivity contribution in [1.29, 1.82) is 0 Å². The average molecular weight is 431 g/mol. The fourth-order valence-corrected chi connectivity index (χ4v) is 5.81. The number of rotatable bonds is 7. The molecule has 0 radical (unpaired) electrons. The van der Waals surface area contributed by atoms with Gasteiger partial charge in [-0.05, 0) is 28.3 Å². The summed E-state index contributed by atoms with van der Waals surface area (Å²) in [6.45, 7) is 2.31. The van der Waals surface area contributed by atoms with Crippen molar-refractivity contribution in [3.63, 3.8) is 0 Å². The minimum atomic E-state index is -1.39. The van der Waals surface area contributed by atoms with E-state index in [1.807, 2.05) is 54.6 Å². The maximum Gasteiger partial charge on any atom is 0.293 e. The highest BCUT2D eigenvalue weighted by Crippen LogP contribution is 2.52. The van der Waals surface area contributed by atoms with Crippen molar-refractivity contribution >= 4 is 6.47 Å². The fourth-order valence-electron chi connectivity index (χ4n) is 5.81. The van der Waals surface area contributed by atoms with E-state index >= 15 is 0 Å². The minimum absolute atomic E-state index is 0.0359. The quantitative estimate of drug-likeness (QED) is 0.461. The van der Waals surface area contributed by atoms with Gasteiger partial charge < -0.3 is 14.3 Å². The maximum atomic E-state index is 12.3. The Bertz CT molecular complexity index is 1070. The summed E-state index contributed by atoms with van der Waals surface area (Å²) >= 11 is 0. The molecule has 32 heavy (non-hydrogen) atoms. The van der Waals surface area contributed by atoms with Crippen LogP contribution < -0.4 is 0 Å². The summed E-state index contributed by atoms with van der Waals surface area (Å²) in [4.78, 5) is 20.1. The summed E-state index contributed by atoms with van der Waals surface area (Å²) in [7, 11) is 2.20. The molecular weight excluding hydrogens is 402 g/mol. The second kappa shape index (κ2) is 8.11. The molecule has 1 fully saturated rings. The van der Waals surface area contributed by atoms with Crippen LogP contribution in [0.3, 0.4) is 0 Å². The first kappa shape index (κ1) is 20.8. The van der Waals surface area contributed by atoms with Crippen LogP contribution in [-0.4, -0.2) is 58.3 Å². The van der Waals surface area contributed by atoms with E-state index in [4.69, 9.17) is 4.74 Å². The number of ether oxygens (including phenoxy) is 1. The first-order valence-electron chi connectivity index (χ1n) is 11.2. The van der Waals surface area contributed by atoms with Crippen molar-refractivity contribution in [2.45, 2.75) is 37.0 Å². The van der Waals surface area contributed by atoms with E-state index in [9.17, 15) is 9.90 Å². The van der Waals surface area contributed by atoms with Crippen molar-refractivity contribution < 1.29 is 19.1 Å². The number of likely N-dealkylation sites (N-methyl/N-ethyl adjacent to an activating group) is 1. The van der Waals surface area contributed by atoms with E-state index in [1.54, 1.807) is 12.5 Å². The van der Waals surface area contributed by atoms with Crippen molar-refractivity contribution in [2.75, 3.05) is 20.1 Å². The Labute approximate surface area is 188 Å². The van der Waals surface area contributed by atoms with Crippen LogP contribution in [0.4, 0.5) is 0 Å². The number of carbonyl (C=O) groups excluding carboxylic acids is 1. The number of aliphatic hydroxyl groups is 1. The van der Waals surface area contributed by atoms with E-state index < -0.39 is 11.7 Å². The van der Waals surface area contributed by atoms with Gasteiger partial charge in [-0.2, -0.15) is 0 Å². The van der Waals surface area contributed by atoms with Gasteiger partial charge in [0, 0.05) is 31.2 Å². The van der Waals surface area contributed by atoms with Crippen molar-refractivity contribution in [1.82, 2.24) is 9.97 Å². The molecule has 1 aliphatic heterocycles. The molecule has 3 atom stereocenters. The van der Waals surface area contributed by atoms with Gasteiger partial charge in [0.1, 0.15) is 12.4 Å². The first-order valence-corrected chi connectivity index (χ1v) is 11.2. The predicted molar refractivity (Wildman–Crippen MR) is 120 cm³/mol. The van der Waals surface area contributed by atoms with Crippen LogP contribution in [-0.2, 0) is 21.6 Å². The summed E-state index contributed by atoms with van der Waals surface area (Å²) in [5.41, 5.74) is 3.21. The Kier molecular flexibility index (Phi) is 5.27. The van der Waals surface area contributed by atoms with Crippen molar-refractivity contribution in [3.8, 4) is 11.1 Å². The SMILES string of the molecule is C[N+]1(CCc2ccncn2)CCCC1C(OC=O)C1(O)c2ccccc2-c2ccccc21. The molecule has 0 saturated carbocycles. The number of nitrogens with zero attached hydrogens (tertiary/aromatic N) is 3. The van der Waals surface area contributed by atoms with Gasteiger partial charge in [0.25, 0.3) is 6.47 Å². The number of benzene rings is 2. The number of fused-ring (bicyclic) bond motifs is 3. The monoisotopic (exact) mass is 430 g/mol. The van der Waals surface area contributed by atoms with Gasteiger partial charge in [-0.3, -0.25) is 4.79 Å². The summed E-state index contributed by atoms with van der Waals surface area (Å²) < 4.78 is 6.52. The number of hydrogen-bond acceptors (Lipinski definition) is 5. The highest BCUT2D eigenvalue weighted by Gasteiger charge is 2.57. The molecule has 2 aromatic carbocycles. The van der Waals surface area contributed by atoms with E-state index in [0.717, 1.165) is 64.8 Å². The molecule has 1 aromatic heterocycles. The zero-order valence-electron chi connectivity index (χ0n) is 18.2. The van der Waals surface area contributed by atoms with E-state index in [1.165, 1.54) is 0 Å². The molecule has 3 unspecified atom stereocenters. The van der Waals surface area contributed by atoms with Crippen LogP contribution in [0.5, 0.6) is 0 Å². The fraction of sp³-hybridized carbons (Fsp3) is 0.346. The van der Waals surface area contributed by atoms with Gasteiger partial charge in [-0.1, -0.05) is 48.5 Å². The van der Waals surface area contributed by atoms with E-state index in [-0.39, 0.29) is 6.04 Å². The Morgan fingerprint density at radius 1 is 1.16 bits per heavy atom.